The predicted octanol–water partition coefficient (Wildman–Crippen LogP) is 2.77. The summed E-state index contributed by atoms with van der Waals surface area (Å²) in [6.45, 7) is 4.01. The minimum Gasteiger partial charge on any atom is -0.391 e. The zero-order valence-corrected chi connectivity index (χ0v) is 12.1. The lowest BCUT2D eigenvalue weighted by Crippen LogP contribution is -2.33. The third-order valence-electron chi connectivity index (χ3n) is 2.90. The van der Waals surface area contributed by atoms with Crippen LogP contribution in [0, 0.1) is 5.92 Å². The molecule has 1 amide bonds. The second-order valence-corrected chi connectivity index (χ2v) is 5.46. The van der Waals surface area contributed by atoms with E-state index in [1.54, 1.807) is 0 Å². The molecule has 0 bridgehead atoms. The van der Waals surface area contributed by atoms with Gasteiger partial charge in [-0.1, -0.05) is 32.0 Å². The molecule has 1 unspecified atom stereocenters. The zero-order valence-electron chi connectivity index (χ0n) is 12.1. The Morgan fingerprint density at radius 3 is 2.57 bits per heavy atom. The van der Waals surface area contributed by atoms with Gasteiger partial charge >= 0.3 is 6.18 Å². The lowest BCUT2D eigenvalue weighted by molar-refractivity contribution is -0.137. The second kappa shape index (κ2) is 7.45. The van der Waals surface area contributed by atoms with Gasteiger partial charge in [-0.05, 0) is 24.0 Å². The van der Waals surface area contributed by atoms with E-state index in [9.17, 15) is 23.1 Å². The maximum Gasteiger partial charge on any atom is 0.416 e. The van der Waals surface area contributed by atoms with Gasteiger partial charge in [0.1, 0.15) is 0 Å². The van der Waals surface area contributed by atoms with Gasteiger partial charge in [-0.15, -0.1) is 0 Å². The summed E-state index contributed by atoms with van der Waals surface area (Å²) < 4.78 is 37.6. The van der Waals surface area contributed by atoms with Gasteiger partial charge in [0.2, 0.25) is 5.91 Å². The molecular formula is C15H20F3NO2. The van der Waals surface area contributed by atoms with Crippen LogP contribution in [0.5, 0.6) is 0 Å². The summed E-state index contributed by atoms with van der Waals surface area (Å²) >= 11 is 0. The van der Waals surface area contributed by atoms with E-state index in [0.717, 1.165) is 12.1 Å². The molecule has 0 aliphatic heterocycles. The van der Waals surface area contributed by atoms with E-state index in [-0.39, 0.29) is 13.0 Å². The van der Waals surface area contributed by atoms with Gasteiger partial charge in [0, 0.05) is 6.54 Å². The highest BCUT2D eigenvalue weighted by atomic mass is 19.4. The number of benzene rings is 1. The van der Waals surface area contributed by atoms with Gasteiger partial charge in [0.15, 0.2) is 0 Å². The SMILES string of the molecule is CC(C)CC(O)CNC(=O)Cc1cccc(C(F)(F)F)c1. The quantitative estimate of drug-likeness (QED) is 0.849. The first-order chi connectivity index (χ1) is 9.68. The van der Waals surface area contributed by atoms with Gasteiger partial charge in [-0.3, -0.25) is 4.79 Å². The summed E-state index contributed by atoms with van der Waals surface area (Å²) in [5, 5.41) is 12.1. The number of aliphatic hydroxyl groups excluding tert-OH is 1. The molecule has 1 aromatic carbocycles. The van der Waals surface area contributed by atoms with Crippen LogP contribution in [-0.4, -0.2) is 23.7 Å². The Hall–Kier alpha value is -1.56. The number of carbonyl (C=O) groups is 1. The maximum absolute atomic E-state index is 12.5. The number of nitrogens with one attached hydrogen (secondary N) is 1. The number of aliphatic hydroxyl groups is 1. The average Bonchev–Trinajstić information content (AvgIpc) is 2.35. The fourth-order valence-corrected chi connectivity index (χ4v) is 1.96. The van der Waals surface area contributed by atoms with Crippen LogP contribution < -0.4 is 5.32 Å². The summed E-state index contributed by atoms with van der Waals surface area (Å²) in [6.07, 6.45) is -4.64. The van der Waals surface area contributed by atoms with Gasteiger partial charge in [-0.25, -0.2) is 0 Å². The number of hydrogen-bond acceptors (Lipinski definition) is 2. The minimum absolute atomic E-state index is 0.107. The summed E-state index contributed by atoms with van der Waals surface area (Å²) in [4.78, 5) is 11.7. The molecule has 0 radical (unpaired) electrons. The van der Waals surface area contributed by atoms with Gasteiger partial charge in [-0.2, -0.15) is 13.2 Å². The highest BCUT2D eigenvalue weighted by Crippen LogP contribution is 2.29. The predicted molar refractivity (Wildman–Crippen MR) is 73.6 cm³/mol. The van der Waals surface area contributed by atoms with E-state index in [4.69, 9.17) is 0 Å². The van der Waals surface area contributed by atoms with Crippen molar-refractivity contribution in [3.05, 3.63) is 35.4 Å². The number of hydrogen-bond donors (Lipinski definition) is 2. The number of rotatable bonds is 6. The molecule has 0 aliphatic rings. The fourth-order valence-electron chi connectivity index (χ4n) is 1.96. The lowest BCUT2D eigenvalue weighted by atomic mass is 10.1. The zero-order chi connectivity index (χ0) is 16.0. The molecule has 2 N–H and O–H groups in total. The molecule has 0 saturated carbocycles. The van der Waals surface area contributed by atoms with E-state index in [0.29, 0.717) is 17.9 Å². The molecule has 1 aromatic rings. The summed E-state index contributed by atoms with van der Waals surface area (Å²) in [7, 11) is 0. The van der Waals surface area contributed by atoms with Crippen molar-refractivity contribution in [3.8, 4) is 0 Å². The highest BCUT2D eigenvalue weighted by molar-refractivity contribution is 5.78. The van der Waals surface area contributed by atoms with Crippen molar-refractivity contribution in [1.29, 1.82) is 0 Å². The third kappa shape index (κ3) is 6.62. The molecule has 0 fully saturated rings. The number of halogens is 3. The van der Waals surface area contributed by atoms with Crippen LogP contribution in [0.4, 0.5) is 13.2 Å². The van der Waals surface area contributed by atoms with Crippen LogP contribution >= 0.6 is 0 Å². The normalized spacial score (nSPS) is 13.3. The van der Waals surface area contributed by atoms with E-state index >= 15 is 0 Å². The molecule has 21 heavy (non-hydrogen) atoms. The first-order valence-electron chi connectivity index (χ1n) is 6.79. The average molecular weight is 303 g/mol. The Morgan fingerprint density at radius 1 is 1.33 bits per heavy atom. The van der Waals surface area contributed by atoms with Crippen LogP contribution in [0.2, 0.25) is 0 Å². The van der Waals surface area contributed by atoms with Crippen molar-refractivity contribution in [2.24, 2.45) is 5.92 Å². The minimum atomic E-state index is -4.42. The molecule has 0 aliphatic carbocycles. The van der Waals surface area contributed by atoms with E-state index < -0.39 is 23.8 Å². The van der Waals surface area contributed by atoms with Gasteiger partial charge < -0.3 is 10.4 Å². The van der Waals surface area contributed by atoms with E-state index in [1.165, 1.54) is 12.1 Å². The number of alkyl halides is 3. The summed E-state index contributed by atoms with van der Waals surface area (Å²) in [5.41, 5.74) is -0.478. The van der Waals surface area contributed by atoms with Crippen molar-refractivity contribution in [2.75, 3.05) is 6.54 Å². The largest absolute Gasteiger partial charge is 0.416 e. The Balaban J connectivity index is 2.52. The highest BCUT2D eigenvalue weighted by Gasteiger charge is 2.30. The molecule has 0 spiro atoms. The Morgan fingerprint density at radius 2 is 2.00 bits per heavy atom. The van der Waals surface area contributed by atoms with Crippen LogP contribution in [0.25, 0.3) is 0 Å². The molecule has 0 heterocycles. The van der Waals surface area contributed by atoms with Crippen molar-refractivity contribution in [1.82, 2.24) is 5.32 Å². The summed E-state index contributed by atoms with van der Waals surface area (Å²) in [6, 6.07) is 4.68. The molecule has 6 heteroatoms. The Labute approximate surface area is 122 Å². The molecule has 1 rings (SSSR count). The standard InChI is InChI=1S/C15H20F3NO2/c1-10(2)6-13(20)9-19-14(21)8-11-4-3-5-12(7-11)15(16,17)18/h3-5,7,10,13,20H,6,8-9H2,1-2H3,(H,19,21). The van der Waals surface area contributed by atoms with Gasteiger partial charge in [0.25, 0.3) is 0 Å². The van der Waals surface area contributed by atoms with Crippen LogP contribution in [0.15, 0.2) is 24.3 Å². The Kier molecular flexibility index (Phi) is 6.20. The van der Waals surface area contributed by atoms with Crippen molar-refractivity contribution >= 4 is 5.91 Å². The number of carbonyl (C=O) groups excluding carboxylic acids is 1. The first kappa shape index (κ1) is 17.5. The monoisotopic (exact) mass is 303 g/mol. The fraction of sp³-hybridized carbons (Fsp3) is 0.533. The summed E-state index contributed by atoms with van der Waals surface area (Å²) in [5.74, 6) is -0.0995. The first-order valence-corrected chi connectivity index (χ1v) is 6.79. The van der Waals surface area contributed by atoms with Crippen molar-refractivity contribution in [3.63, 3.8) is 0 Å². The van der Waals surface area contributed by atoms with E-state index in [2.05, 4.69) is 5.32 Å². The molecule has 0 aromatic heterocycles. The smallest absolute Gasteiger partial charge is 0.391 e. The molecular weight excluding hydrogens is 283 g/mol. The molecule has 118 valence electrons. The Bertz CT molecular complexity index is 472. The van der Waals surface area contributed by atoms with Crippen LogP contribution in [0.1, 0.15) is 31.4 Å². The molecule has 3 nitrogen and oxygen atoms in total. The number of amides is 1. The van der Waals surface area contributed by atoms with E-state index in [1.807, 2.05) is 13.8 Å². The molecule has 1 atom stereocenters. The molecule has 0 saturated heterocycles. The third-order valence-corrected chi connectivity index (χ3v) is 2.90. The van der Waals surface area contributed by atoms with Crippen molar-refractivity contribution < 1.29 is 23.1 Å². The van der Waals surface area contributed by atoms with Crippen molar-refractivity contribution in [2.45, 2.75) is 39.0 Å². The van der Waals surface area contributed by atoms with Gasteiger partial charge in [0.05, 0.1) is 18.1 Å². The maximum atomic E-state index is 12.5. The lowest BCUT2D eigenvalue weighted by Gasteiger charge is -2.14. The topological polar surface area (TPSA) is 49.3 Å². The second-order valence-electron chi connectivity index (χ2n) is 5.46. The van der Waals surface area contributed by atoms with Crippen LogP contribution in [0.3, 0.4) is 0 Å². The van der Waals surface area contributed by atoms with Crippen LogP contribution in [-0.2, 0) is 17.4 Å².